The van der Waals surface area contributed by atoms with E-state index in [9.17, 15) is 0 Å². The third-order valence-electron chi connectivity index (χ3n) is 6.89. The molecular formula is C27H57O2Si2+. The molecule has 0 fully saturated rings. The second-order valence-corrected chi connectivity index (χ2v) is 21.9. The fourth-order valence-electron chi connectivity index (χ4n) is 5.69. The Hall–Kier alpha value is -0.346. The highest BCUT2D eigenvalue weighted by Gasteiger charge is 2.45. The van der Waals surface area contributed by atoms with E-state index in [2.05, 4.69) is 103 Å². The minimum Gasteiger partial charge on any atom is -0.416 e. The molecule has 0 aromatic carbocycles. The smallest absolute Gasteiger partial charge is 0.416 e. The first-order valence-electron chi connectivity index (χ1n) is 12.5. The van der Waals surface area contributed by atoms with Crippen molar-refractivity contribution in [2.45, 2.75) is 136 Å². The fraction of sp³-hybridized carbons (Fsp3) is 0.852. The van der Waals surface area contributed by atoms with Crippen LogP contribution in [0.15, 0.2) is 12.2 Å². The molecule has 0 unspecified atom stereocenters. The molecule has 0 heterocycles. The van der Waals surface area contributed by atoms with E-state index in [4.69, 9.17) is 15.3 Å². The SMILES string of the molecule is C#CCCO[Si](C(C)C)(C(C)C)C(C)C.C=C(C)CCO[Si](C(C)C)(C(C)C)C(C)C.[H+]. The molecule has 0 atom stereocenters. The average Bonchev–Trinajstić information content (AvgIpc) is 2.60. The molecule has 0 aliphatic rings. The first-order valence-corrected chi connectivity index (χ1v) is 16.8. The molecule has 0 saturated carbocycles. The highest BCUT2D eigenvalue weighted by atomic mass is 28.4. The van der Waals surface area contributed by atoms with E-state index in [0.29, 0.717) is 33.2 Å². The highest BCUT2D eigenvalue weighted by molar-refractivity contribution is 6.78. The van der Waals surface area contributed by atoms with E-state index < -0.39 is 16.6 Å². The molecule has 0 radical (unpaired) electrons. The summed E-state index contributed by atoms with van der Waals surface area (Å²) >= 11 is 0. The molecule has 0 spiro atoms. The maximum absolute atomic E-state index is 6.40. The topological polar surface area (TPSA) is 18.5 Å². The van der Waals surface area contributed by atoms with Gasteiger partial charge in [0.05, 0.1) is 0 Å². The normalized spacial score (nSPS) is 12.7. The maximum Gasteiger partial charge on any atom is 1.00 e. The molecule has 0 rings (SSSR count). The zero-order valence-electron chi connectivity index (χ0n) is 24.4. The molecule has 4 heteroatoms. The summed E-state index contributed by atoms with van der Waals surface area (Å²) in [5, 5.41) is 0. The number of hydrogen-bond donors (Lipinski definition) is 0. The number of rotatable bonds is 13. The van der Waals surface area contributed by atoms with Gasteiger partial charge in [0.2, 0.25) is 0 Å². The van der Waals surface area contributed by atoms with Crippen molar-refractivity contribution >= 4 is 16.6 Å². The Morgan fingerprint density at radius 2 is 1.00 bits per heavy atom. The summed E-state index contributed by atoms with van der Waals surface area (Å²) in [6.07, 6.45) is 7.01. The zero-order chi connectivity index (χ0) is 25.0. The standard InChI is InChI=1S/C14H30OSi.C13H26OSi/c1-11(2)9-10-15-16(12(3)4,13(5)6)14(7)8;1-8-9-10-14-15(11(2)3,12(4)5)13(6)7/h12-14H,1,9-10H2,2-8H3;1,11-13H,9-10H2,2-7H3/p+1. The Balaban J connectivity index is -0.000000511. The minimum atomic E-state index is -1.66. The van der Waals surface area contributed by atoms with Crippen molar-refractivity contribution in [2.24, 2.45) is 0 Å². The van der Waals surface area contributed by atoms with Crippen LogP contribution < -0.4 is 0 Å². The van der Waals surface area contributed by atoms with Gasteiger partial charge in [0, 0.05) is 19.6 Å². The fourth-order valence-corrected chi connectivity index (χ4v) is 16.6. The molecule has 0 amide bonds. The molecule has 0 saturated heterocycles. The lowest BCUT2D eigenvalue weighted by Crippen LogP contribution is -2.47. The van der Waals surface area contributed by atoms with Crippen molar-refractivity contribution in [1.82, 2.24) is 0 Å². The lowest BCUT2D eigenvalue weighted by molar-refractivity contribution is 0.281. The molecule has 184 valence electrons. The van der Waals surface area contributed by atoms with Crippen molar-refractivity contribution < 1.29 is 10.3 Å². The average molecular weight is 470 g/mol. The van der Waals surface area contributed by atoms with Crippen LogP contribution in [0.1, 0.15) is 104 Å². The van der Waals surface area contributed by atoms with Crippen LogP contribution in [0.25, 0.3) is 0 Å². The largest absolute Gasteiger partial charge is 1.00 e. The van der Waals surface area contributed by atoms with Crippen LogP contribution in [0.3, 0.4) is 0 Å². The first-order chi connectivity index (χ1) is 14.1. The van der Waals surface area contributed by atoms with Crippen LogP contribution >= 0.6 is 0 Å². The lowest BCUT2D eigenvalue weighted by Gasteiger charge is -2.42. The molecule has 0 aliphatic carbocycles. The van der Waals surface area contributed by atoms with Gasteiger partial charge in [-0.3, -0.25) is 0 Å². The van der Waals surface area contributed by atoms with Crippen molar-refractivity contribution in [3.05, 3.63) is 12.2 Å². The van der Waals surface area contributed by atoms with E-state index in [1.54, 1.807) is 0 Å². The third kappa shape index (κ3) is 9.58. The number of terminal acetylenes is 1. The molecule has 0 aromatic heterocycles. The summed E-state index contributed by atoms with van der Waals surface area (Å²) < 4.78 is 12.7. The van der Waals surface area contributed by atoms with E-state index in [1.165, 1.54) is 5.57 Å². The van der Waals surface area contributed by atoms with Crippen LogP contribution in [0.2, 0.25) is 33.2 Å². The minimum absolute atomic E-state index is 0. The van der Waals surface area contributed by atoms with Gasteiger partial charge in [-0.2, -0.15) is 0 Å². The van der Waals surface area contributed by atoms with Gasteiger partial charge in [-0.25, -0.2) is 0 Å². The Morgan fingerprint density at radius 1 is 0.710 bits per heavy atom. The van der Waals surface area contributed by atoms with Gasteiger partial charge in [-0.05, 0) is 46.6 Å². The van der Waals surface area contributed by atoms with Crippen LogP contribution in [0.5, 0.6) is 0 Å². The summed E-state index contributed by atoms with van der Waals surface area (Å²) in [5.41, 5.74) is 5.20. The summed E-state index contributed by atoms with van der Waals surface area (Å²) in [6, 6.07) is 0. The predicted octanol–water partition coefficient (Wildman–Crippen LogP) is 9.46. The lowest BCUT2D eigenvalue weighted by atomic mass is 10.3. The predicted molar refractivity (Wildman–Crippen MR) is 148 cm³/mol. The van der Waals surface area contributed by atoms with Gasteiger partial charge < -0.3 is 8.85 Å². The second kappa shape index (κ2) is 15.5. The summed E-state index contributed by atoms with van der Waals surface area (Å²) in [7, 11) is -3.30. The van der Waals surface area contributed by atoms with Crippen LogP contribution in [0.4, 0.5) is 0 Å². The van der Waals surface area contributed by atoms with Crippen molar-refractivity contribution in [3.63, 3.8) is 0 Å². The Labute approximate surface area is 200 Å². The van der Waals surface area contributed by atoms with Crippen LogP contribution in [-0.4, -0.2) is 29.8 Å². The molecule has 0 N–H and O–H groups in total. The van der Waals surface area contributed by atoms with E-state index in [-0.39, 0.29) is 1.43 Å². The summed E-state index contributed by atoms with van der Waals surface area (Å²) in [4.78, 5) is 0. The Morgan fingerprint density at radius 3 is 1.23 bits per heavy atom. The van der Waals surface area contributed by atoms with Crippen molar-refractivity contribution in [3.8, 4) is 12.3 Å². The second-order valence-electron chi connectivity index (χ2n) is 11.0. The zero-order valence-corrected chi connectivity index (χ0v) is 25.4. The molecule has 31 heavy (non-hydrogen) atoms. The van der Waals surface area contributed by atoms with Gasteiger partial charge in [-0.15, -0.1) is 18.9 Å². The molecular weight excluding hydrogens is 412 g/mol. The van der Waals surface area contributed by atoms with E-state index in [0.717, 1.165) is 26.1 Å². The Bertz CT molecular complexity index is 491. The van der Waals surface area contributed by atoms with Gasteiger partial charge in [0.25, 0.3) is 0 Å². The maximum atomic E-state index is 6.40. The van der Waals surface area contributed by atoms with E-state index in [1.807, 2.05) is 0 Å². The molecule has 0 bridgehead atoms. The highest BCUT2D eigenvalue weighted by Crippen LogP contribution is 2.43. The van der Waals surface area contributed by atoms with Gasteiger partial charge in [0.1, 0.15) is 0 Å². The molecule has 0 aliphatic heterocycles. The third-order valence-corrected chi connectivity index (χ3v) is 19.1. The summed E-state index contributed by atoms with van der Waals surface area (Å²) in [6.45, 7) is 35.3. The molecule has 0 aromatic rings. The van der Waals surface area contributed by atoms with Gasteiger partial charge >= 0.3 is 1.43 Å². The van der Waals surface area contributed by atoms with Gasteiger partial charge in [0.15, 0.2) is 16.6 Å². The van der Waals surface area contributed by atoms with E-state index >= 15 is 0 Å². The van der Waals surface area contributed by atoms with Crippen molar-refractivity contribution in [1.29, 1.82) is 0 Å². The molecule has 2 nitrogen and oxygen atoms in total. The Kier molecular flexibility index (Phi) is 16.4. The van der Waals surface area contributed by atoms with Crippen molar-refractivity contribution in [2.75, 3.05) is 13.2 Å². The van der Waals surface area contributed by atoms with Crippen LogP contribution in [0, 0.1) is 12.3 Å². The summed E-state index contributed by atoms with van der Waals surface area (Å²) in [5.74, 6) is 2.65. The van der Waals surface area contributed by atoms with Gasteiger partial charge in [-0.1, -0.05) is 88.7 Å². The quantitative estimate of drug-likeness (QED) is 0.116. The van der Waals surface area contributed by atoms with Crippen LogP contribution in [-0.2, 0) is 8.85 Å². The first kappa shape index (κ1) is 32.8. The number of hydrogen-bond acceptors (Lipinski definition) is 2. The monoisotopic (exact) mass is 469 g/mol.